The molecule has 1 N–H and O–H groups in total. The van der Waals surface area contributed by atoms with Crippen molar-refractivity contribution in [3.8, 4) is 0 Å². The number of aliphatic hydroxyl groups excluding tert-OH is 1. The molecule has 0 saturated carbocycles. The predicted molar refractivity (Wildman–Crippen MR) is 42.4 cm³/mol. The minimum Gasteiger partial charge on any atom is -0.392 e. The van der Waals surface area contributed by atoms with Crippen molar-refractivity contribution < 1.29 is 5.11 Å². The maximum atomic E-state index is 10.6. The second-order valence-electron chi connectivity index (χ2n) is 2.58. The molecule has 0 unspecified atom stereocenters. The topological polar surface area (TPSA) is 42.2 Å². The summed E-state index contributed by atoms with van der Waals surface area (Å²) >= 11 is 0. The lowest BCUT2D eigenvalue weighted by Crippen LogP contribution is -2.12. The number of rotatable bonds is 2. The molecule has 3 heteroatoms. The van der Waals surface area contributed by atoms with Crippen molar-refractivity contribution in [2.45, 2.75) is 19.6 Å². The Morgan fingerprint density at radius 3 is 2.55 bits per heavy atom. The van der Waals surface area contributed by atoms with Gasteiger partial charge in [0.1, 0.15) is 0 Å². The Balaban J connectivity index is 2.74. The molecule has 11 heavy (non-hydrogen) atoms. The quantitative estimate of drug-likeness (QED) is 0.660. The lowest BCUT2D eigenvalue weighted by Gasteiger charge is -2.06. The maximum Gasteiger partial charge on any atom is 0.181 e. The van der Waals surface area contributed by atoms with E-state index < -0.39 is 0 Å². The summed E-state index contributed by atoms with van der Waals surface area (Å²) in [5, 5.41) is 8.98. The van der Waals surface area contributed by atoms with Gasteiger partial charge in [0.05, 0.1) is 6.10 Å². The minimum absolute atomic E-state index is 0.00755. The largest absolute Gasteiger partial charge is 0.392 e. The van der Waals surface area contributed by atoms with Gasteiger partial charge in [-0.25, -0.2) is 0 Å². The number of hydrogen-bond donors (Lipinski definition) is 1. The van der Waals surface area contributed by atoms with E-state index in [1.165, 1.54) is 12.1 Å². The van der Waals surface area contributed by atoms with Crippen LogP contribution in [0.4, 0.5) is 0 Å². The molecule has 0 aliphatic carbocycles. The van der Waals surface area contributed by atoms with Gasteiger partial charge in [-0.05, 0) is 6.92 Å². The minimum atomic E-state index is -0.377. The predicted octanol–water partition coefficient (Wildman–Crippen LogP) is 0.229. The van der Waals surface area contributed by atoms with Crippen LogP contribution in [0.25, 0.3) is 0 Å². The van der Waals surface area contributed by atoms with E-state index in [2.05, 4.69) is 0 Å². The van der Waals surface area contributed by atoms with Crippen LogP contribution >= 0.6 is 0 Å². The van der Waals surface area contributed by atoms with Gasteiger partial charge in [-0.2, -0.15) is 0 Å². The molecule has 3 nitrogen and oxygen atoms in total. The number of aliphatic hydroxyl groups is 1. The van der Waals surface area contributed by atoms with Crippen LogP contribution in [-0.4, -0.2) is 15.8 Å². The molecule has 0 fully saturated rings. The zero-order chi connectivity index (χ0) is 8.27. The van der Waals surface area contributed by atoms with Crippen molar-refractivity contribution in [1.82, 2.24) is 4.57 Å². The highest BCUT2D eigenvalue weighted by Crippen LogP contribution is 1.88. The van der Waals surface area contributed by atoms with Crippen molar-refractivity contribution in [1.29, 1.82) is 0 Å². The Labute approximate surface area is 64.9 Å². The van der Waals surface area contributed by atoms with Gasteiger partial charge in [-0.15, -0.1) is 0 Å². The van der Waals surface area contributed by atoms with Crippen LogP contribution < -0.4 is 5.43 Å². The fourth-order valence-electron chi connectivity index (χ4n) is 0.870. The van der Waals surface area contributed by atoms with E-state index >= 15 is 0 Å². The first-order valence-corrected chi connectivity index (χ1v) is 3.52. The van der Waals surface area contributed by atoms with Gasteiger partial charge in [0.25, 0.3) is 0 Å². The highest BCUT2D eigenvalue weighted by atomic mass is 16.3. The molecule has 1 rings (SSSR count). The molecule has 1 heterocycles. The summed E-state index contributed by atoms with van der Waals surface area (Å²) in [7, 11) is 0. The summed E-state index contributed by atoms with van der Waals surface area (Å²) in [6.45, 7) is 2.23. The Hall–Kier alpha value is -1.09. The fraction of sp³-hybridized carbons (Fsp3) is 0.375. The average Bonchev–Trinajstić information content (AvgIpc) is 1.93. The molecular formula is C8H11NO2. The van der Waals surface area contributed by atoms with Crippen LogP contribution in [0.3, 0.4) is 0 Å². The zero-order valence-corrected chi connectivity index (χ0v) is 6.40. The Morgan fingerprint density at radius 2 is 2.09 bits per heavy atom. The molecule has 0 aliphatic rings. The summed E-state index contributed by atoms with van der Waals surface area (Å²) in [4.78, 5) is 10.6. The van der Waals surface area contributed by atoms with Gasteiger partial charge in [0.15, 0.2) is 5.43 Å². The van der Waals surface area contributed by atoms with Crippen molar-refractivity contribution in [3.63, 3.8) is 0 Å². The van der Waals surface area contributed by atoms with Crippen LogP contribution in [-0.2, 0) is 6.54 Å². The summed E-state index contributed by atoms with van der Waals surface area (Å²) in [6, 6.07) is 2.95. The first-order valence-electron chi connectivity index (χ1n) is 3.52. The zero-order valence-electron chi connectivity index (χ0n) is 6.40. The maximum absolute atomic E-state index is 10.6. The van der Waals surface area contributed by atoms with E-state index in [1.807, 2.05) is 0 Å². The van der Waals surface area contributed by atoms with E-state index in [0.717, 1.165) is 0 Å². The third kappa shape index (κ3) is 2.55. The highest BCUT2D eigenvalue weighted by molar-refractivity contribution is 4.93. The number of hydrogen-bond acceptors (Lipinski definition) is 2. The lowest BCUT2D eigenvalue weighted by molar-refractivity contribution is 0.173. The Bertz CT molecular complexity index is 257. The average molecular weight is 153 g/mol. The number of nitrogens with zero attached hydrogens (tertiary/aromatic N) is 1. The van der Waals surface area contributed by atoms with E-state index in [1.54, 1.807) is 23.9 Å². The molecule has 1 aromatic heterocycles. The van der Waals surface area contributed by atoms with Crippen molar-refractivity contribution in [2.75, 3.05) is 0 Å². The molecule has 0 radical (unpaired) electrons. The monoisotopic (exact) mass is 153 g/mol. The smallest absolute Gasteiger partial charge is 0.181 e. The number of pyridine rings is 1. The van der Waals surface area contributed by atoms with Crippen LogP contribution in [0.2, 0.25) is 0 Å². The summed E-state index contributed by atoms with van der Waals surface area (Å²) in [6.07, 6.45) is 2.95. The summed E-state index contributed by atoms with van der Waals surface area (Å²) in [5.74, 6) is 0. The van der Waals surface area contributed by atoms with Crippen LogP contribution in [0.1, 0.15) is 6.92 Å². The fourth-order valence-corrected chi connectivity index (χ4v) is 0.870. The van der Waals surface area contributed by atoms with Crippen LogP contribution in [0, 0.1) is 0 Å². The number of aromatic nitrogens is 1. The molecule has 0 aliphatic heterocycles. The van der Waals surface area contributed by atoms with Crippen molar-refractivity contribution in [2.24, 2.45) is 0 Å². The molecule has 1 atom stereocenters. The third-order valence-electron chi connectivity index (χ3n) is 1.34. The first-order chi connectivity index (χ1) is 5.18. The van der Waals surface area contributed by atoms with E-state index in [-0.39, 0.29) is 11.5 Å². The van der Waals surface area contributed by atoms with Gasteiger partial charge >= 0.3 is 0 Å². The Kier molecular flexibility index (Phi) is 2.44. The molecule has 0 spiro atoms. The summed E-state index contributed by atoms with van der Waals surface area (Å²) in [5.41, 5.74) is -0.00755. The molecule has 0 aromatic carbocycles. The standard InChI is InChI=1S/C8H11NO2/c1-7(10)6-9-4-2-8(11)3-5-9/h2-5,7,10H,6H2,1H3/t7-/m1/s1. The van der Waals surface area contributed by atoms with Crippen LogP contribution in [0.15, 0.2) is 29.3 Å². The van der Waals surface area contributed by atoms with Crippen LogP contribution in [0.5, 0.6) is 0 Å². The summed E-state index contributed by atoms with van der Waals surface area (Å²) < 4.78 is 1.77. The van der Waals surface area contributed by atoms with Gasteiger partial charge < -0.3 is 9.67 Å². The van der Waals surface area contributed by atoms with Gasteiger partial charge in [-0.3, -0.25) is 4.79 Å². The van der Waals surface area contributed by atoms with Crippen molar-refractivity contribution >= 4 is 0 Å². The second kappa shape index (κ2) is 3.34. The Morgan fingerprint density at radius 1 is 1.55 bits per heavy atom. The highest BCUT2D eigenvalue weighted by Gasteiger charge is 1.94. The van der Waals surface area contributed by atoms with Gasteiger partial charge in [-0.1, -0.05) is 0 Å². The van der Waals surface area contributed by atoms with E-state index in [4.69, 9.17) is 5.11 Å². The second-order valence-corrected chi connectivity index (χ2v) is 2.58. The van der Waals surface area contributed by atoms with E-state index in [0.29, 0.717) is 6.54 Å². The molecule has 0 amide bonds. The van der Waals surface area contributed by atoms with Gasteiger partial charge in [0, 0.05) is 31.1 Å². The lowest BCUT2D eigenvalue weighted by atomic mass is 10.4. The molecular weight excluding hydrogens is 142 g/mol. The SMILES string of the molecule is C[C@@H](O)Cn1ccc(=O)cc1. The van der Waals surface area contributed by atoms with Crippen molar-refractivity contribution in [3.05, 3.63) is 34.7 Å². The molecule has 60 valence electrons. The molecule has 0 saturated heterocycles. The normalized spacial score (nSPS) is 12.9. The third-order valence-corrected chi connectivity index (χ3v) is 1.34. The molecule has 0 bridgehead atoms. The van der Waals surface area contributed by atoms with E-state index in [9.17, 15) is 4.79 Å². The first kappa shape index (κ1) is 8.01. The molecule has 1 aromatic rings. The van der Waals surface area contributed by atoms with Gasteiger partial charge in [0.2, 0.25) is 0 Å².